The second-order valence-corrected chi connectivity index (χ2v) is 7.14. The fourth-order valence-electron chi connectivity index (χ4n) is 1.32. The molecule has 0 atom stereocenters. The average molecular weight is 356 g/mol. The summed E-state index contributed by atoms with van der Waals surface area (Å²) in [5.41, 5.74) is 0. The summed E-state index contributed by atoms with van der Waals surface area (Å²) in [5, 5.41) is 3.33. The Hall–Kier alpha value is -0.140. The van der Waals surface area contributed by atoms with Gasteiger partial charge in [0.2, 0.25) is 10.0 Å². The molecule has 0 saturated carbocycles. The van der Waals surface area contributed by atoms with Crippen molar-refractivity contribution in [2.24, 2.45) is 0 Å². The topological polar surface area (TPSA) is 58.2 Å². The molecular formula is C11H16BrClN2O2S. The first-order valence-electron chi connectivity index (χ1n) is 5.51. The van der Waals surface area contributed by atoms with E-state index in [1.54, 1.807) is 12.1 Å². The van der Waals surface area contributed by atoms with Crippen molar-refractivity contribution >= 4 is 37.6 Å². The minimum Gasteiger partial charge on any atom is -0.313 e. The Morgan fingerprint density at radius 2 is 2.00 bits per heavy atom. The molecule has 0 bridgehead atoms. The van der Waals surface area contributed by atoms with Crippen LogP contribution in [0.25, 0.3) is 0 Å². The summed E-state index contributed by atoms with van der Waals surface area (Å²) in [7, 11) is -3.55. The van der Waals surface area contributed by atoms with Crippen LogP contribution in [0, 0.1) is 0 Å². The molecule has 0 radical (unpaired) electrons. The predicted octanol–water partition coefficient (Wildman–Crippen LogP) is 2.38. The van der Waals surface area contributed by atoms with Crippen molar-refractivity contribution in [2.45, 2.75) is 24.8 Å². The zero-order valence-electron chi connectivity index (χ0n) is 10.2. The Morgan fingerprint density at radius 1 is 1.33 bits per heavy atom. The molecule has 0 aliphatic carbocycles. The molecule has 0 heterocycles. The Bertz CT molecular complexity index is 506. The van der Waals surface area contributed by atoms with Gasteiger partial charge in [0.15, 0.2) is 0 Å². The fraction of sp³-hybridized carbons (Fsp3) is 0.455. The highest BCUT2D eigenvalue weighted by atomic mass is 79.9. The van der Waals surface area contributed by atoms with E-state index >= 15 is 0 Å². The van der Waals surface area contributed by atoms with Crippen LogP contribution in [0.15, 0.2) is 27.6 Å². The van der Waals surface area contributed by atoms with E-state index in [2.05, 4.69) is 26.0 Å². The normalized spacial score (nSPS) is 12.1. The number of benzene rings is 1. The van der Waals surface area contributed by atoms with Gasteiger partial charge in [-0.05, 0) is 18.2 Å². The van der Waals surface area contributed by atoms with E-state index in [9.17, 15) is 8.42 Å². The number of halogens is 2. The third-order valence-corrected chi connectivity index (χ3v) is 4.59. The second-order valence-electron chi connectivity index (χ2n) is 4.08. The van der Waals surface area contributed by atoms with E-state index in [1.807, 2.05) is 13.8 Å². The first-order valence-corrected chi connectivity index (χ1v) is 8.16. The zero-order valence-corrected chi connectivity index (χ0v) is 13.4. The highest BCUT2D eigenvalue weighted by Crippen LogP contribution is 2.24. The van der Waals surface area contributed by atoms with E-state index in [0.29, 0.717) is 19.1 Å². The summed E-state index contributed by atoms with van der Waals surface area (Å²) in [6, 6.07) is 5.01. The number of nitrogens with one attached hydrogen (secondary N) is 2. The first kappa shape index (κ1) is 15.9. The minimum atomic E-state index is -3.55. The standard InChI is InChI=1S/C11H16BrClN2O2S/c1-8(2)14-5-6-15-18(16,17)11-4-3-9(12)7-10(11)13/h3-4,7-8,14-15H,5-6H2,1-2H3. The molecule has 2 N–H and O–H groups in total. The van der Waals surface area contributed by atoms with Gasteiger partial charge in [-0.2, -0.15) is 0 Å². The van der Waals surface area contributed by atoms with Gasteiger partial charge in [-0.1, -0.05) is 41.4 Å². The Labute approximate surface area is 121 Å². The lowest BCUT2D eigenvalue weighted by molar-refractivity contribution is 0.559. The van der Waals surface area contributed by atoms with E-state index in [1.165, 1.54) is 6.07 Å². The summed E-state index contributed by atoms with van der Waals surface area (Å²) < 4.78 is 27.2. The molecule has 1 rings (SSSR count). The van der Waals surface area contributed by atoms with Crippen LogP contribution < -0.4 is 10.0 Å². The van der Waals surface area contributed by atoms with Crippen molar-refractivity contribution in [3.63, 3.8) is 0 Å². The molecule has 102 valence electrons. The molecule has 4 nitrogen and oxygen atoms in total. The number of hydrogen-bond donors (Lipinski definition) is 2. The monoisotopic (exact) mass is 354 g/mol. The van der Waals surface area contributed by atoms with Gasteiger partial charge in [0.05, 0.1) is 5.02 Å². The maximum Gasteiger partial charge on any atom is 0.242 e. The van der Waals surface area contributed by atoms with Crippen LogP contribution in [-0.2, 0) is 10.0 Å². The van der Waals surface area contributed by atoms with Crippen molar-refractivity contribution in [2.75, 3.05) is 13.1 Å². The van der Waals surface area contributed by atoms with Crippen LogP contribution >= 0.6 is 27.5 Å². The molecule has 0 aliphatic heterocycles. The van der Waals surface area contributed by atoms with Crippen molar-refractivity contribution in [3.05, 3.63) is 27.7 Å². The third-order valence-electron chi connectivity index (χ3n) is 2.15. The molecule has 0 amide bonds. The lowest BCUT2D eigenvalue weighted by atomic mass is 10.4. The van der Waals surface area contributed by atoms with Crippen molar-refractivity contribution in [1.82, 2.24) is 10.0 Å². The van der Waals surface area contributed by atoms with Crippen LogP contribution in [-0.4, -0.2) is 27.5 Å². The molecule has 0 aromatic heterocycles. The van der Waals surface area contributed by atoms with Crippen molar-refractivity contribution in [3.8, 4) is 0 Å². The van der Waals surface area contributed by atoms with Gasteiger partial charge in [0.1, 0.15) is 4.90 Å². The SMILES string of the molecule is CC(C)NCCNS(=O)(=O)c1ccc(Br)cc1Cl. The smallest absolute Gasteiger partial charge is 0.242 e. The second kappa shape index (κ2) is 6.86. The molecule has 7 heteroatoms. The van der Waals surface area contributed by atoms with Crippen molar-refractivity contribution in [1.29, 1.82) is 0 Å². The van der Waals surface area contributed by atoms with Gasteiger partial charge in [-0.3, -0.25) is 0 Å². The summed E-state index contributed by atoms with van der Waals surface area (Å²) in [6.45, 7) is 4.90. The van der Waals surface area contributed by atoms with Crippen LogP contribution in [0.2, 0.25) is 5.02 Å². The van der Waals surface area contributed by atoms with Gasteiger partial charge in [-0.15, -0.1) is 0 Å². The highest BCUT2D eigenvalue weighted by Gasteiger charge is 2.17. The zero-order chi connectivity index (χ0) is 13.8. The molecule has 0 fully saturated rings. The molecule has 1 aromatic carbocycles. The van der Waals surface area contributed by atoms with E-state index < -0.39 is 10.0 Å². The number of hydrogen-bond acceptors (Lipinski definition) is 3. The van der Waals surface area contributed by atoms with Gasteiger partial charge in [0, 0.05) is 23.6 Å². The van der Waals surface area contributed by atoms with E-state index in [4.69, 9.17) is 11.6 Å². The minimum absolute atomic E-state index is 0.0944. The van der Waals surface area contributed by atoms with Crippen LogP contribution in [0.5, 0.6) is 0 Å². The molecule has 0 saturated heterocycles. The molecule has 1 aromatic rings. The molecule has 0 aliphatic rings. The van der Waals surface area contributed by atoms with Gasteiger partial charge in [0.25, 0.3) is 0 Å². The maximum atomic E-state index is 12.0. The molecule has 18 heavy (non-hydrogen) atoms. The first-order chi connectivity index (χ1) is 8.33. The Morgan fingerprint density at radius 3 is 2.56 bits per heavy atom. The fourth-order valence-corrected chi connectivity index (χ4v) is 3.38. The lowest BCUT2D eigenvalue weighted by Gasteiger charge is -2.10. The van der Waals surface area contributed by atoms with E-state index in [0.717, 1.165) is 4.47 Å². The Kier molecular flexibility index (Phi) is 6.07. The largest absolute Gasteiger partial charge is 0.313 e. The quantitative estimate of drug-likeness (QED) is 0.770. The summed E-state index contributed by atoms with van der Waals surface area (Å²) >= 11 is 9.15. The van der Waals surface area contributed by atoms with E-state index in [-0.39, 0.29) is 9.92 Å². The molecule has 0 unspecified atom stereocenters. The summed E-state index contributed by atoms with van der Waals surface area (Å²) in [6.07, 6.45) is 0. The van der Waals surface area contributed by atoms with Gasteiger partial charge >= 0.3 is 0 Å². The van der Waals surface area contributed by atoms with Crippen LogP contribution in [0.3, 0.4) is 0 Å². The van der Waals surface area contributed by atoms with Gasteiger partial charge in [-0.25, -0.2) is 13.1 Å². The maximum absolute atomic E-state index is 12.0. The summed E-state index contributed by atoms with van der Waals surface area (Å²) in [4.78, 5) is 0.0944. The van der Waals surface area contributed by atoms with Gasteiger partial charge < -0.3 is 5.32 Å². The third kappa shape index (κ3) is 4.85. The molecule has 0 spiro atoms. The van der Waals surface area contributed by atoms with Crippen LogP contribution in [0.4, 0.5) is 0 Å². The van der Waals surface area contributed by atoms with Crippen molar-refractivity contribution < 1.29 is 8.42 Å². The summed E-state index contributed by atoms with van der Waals surface area (Å²) in [5.74, 6) is 0. The Balaban J connectivity index is 2.69. The molecular weight excluding hydrogens is 340 g/mol. The lowest BCUT2D eigenvalue weighted by Crippen LogP contribution is -2.34. The van der Waals surface area contributed by atoms with Crippen LogP contribution in [0.1, 0.15) is 13.8 Å². The predicted molar refractivity (Wildman–Crippen MR) is 77.5 cm³/mol. The number of rotatable bonds is 6. The average Bonchev–Trinajstić information content (AvgIpc) is 2.23. The number of sulfonamides is 1. The highest BCUT2D eigenvalue weighted by molar-refractivity contribution is 9.10.